The van der Waals surface area contributed by atoms with E-state index < -0.39 is 26.5 Å². The van der Waals surface area contributed by atoms with Crippen molar-refractivity contribution in [1.82, 2.24) is 15.0 Å². The lowest BCUT2D eigenvalue weighted by atomic mass is 10.0. The number of phenolic OH excluding ortho intramolecular Hbond substituents is 1. The van der Waals surface area contributed by atoms with Crippen molar-refractivity contribution in [2.75, 3.05) is 16.8 Å². The van der Waals surface area contributed by atoms with Gasteiger partial charge in [0, 0.05) is 17.6 Å². The predicted molar refractivity (Wildman–Crippen MR) is 167 cm³/mol. The molecule has 5 aromatic rings. The molecular formula is C31H31N7O4S. The first-order valence-corrected chi connectivity index (χ1v) is 15.0. The molecule has 0 aliphatic heterocycles. The molecule has 0 bridgehead atoms. The number of para-hydroxylation sites is 1. The van der Waals surface area contributed by atoms with Gasteiger partial charge in [-0.1, -0.05) is 36.4 Å². The highest BCUT2D eigenvalue weighted by Gasteiger charge is 2.25. The molecule has 0 aliphatic rings. The summed E-state index contributed by atoms with van der Waals surface area (Å²) in [4.78, 5) is 15.0. The summed E-state index contributed by atoms with van der Waals surface area (Å²) in [6.07, 6.45) is 0. The molecule has 4 aromatic carbocycles. The minimum atomic E-state index is -4.78. The van der Waals surface area contributed by atoms with Gasteiger partial charge in [-0.15, -0.1) is 5.11 Å². The number of aromatic nitrogens is 3. The second kappa shape index (κ2) is 11.7. The van der Waals surface area contributed by atoms with Crippen molar-refractivity contribution < 1.29 is 18.1 Å². The van der Waals surface area contributed by atoms with E-state index in [9.17, 15) is 18.1 Å². The maximum atomic E-state index is 12.4. The third-order valence-electron chi connectivity index (χ3n) is 6.94. The first-order chi connectivity index (χ1) is 20.5. The molecule has 0 unspecified atom stereocenters. The largest absolute Gasteiger partial charge is 0.505 e. The van der Waals surface area contributed by atoms with Gasteiger partial charge in [-0.2, -0.15) is 28.5 Å². The van der Waals surface area contributed by atoms with Crippen molar-refractivity contribution in [2.45, 2.75) is 39.5 Å². The monoisotopic (exact) mass is 597 g/mol. The van der Waals surface area contributed by atoms with E-state index in [-0.39, 0.29) is 11.3 Å². The van der Waals surface area contributed by atoms with Crippen LogP contribution in [0.4, 0.5) is 34.6 Å². The number of hydrogen-bond acceptors (Lipinski definition) is 10. The number of anilines is 4. The second-order valence-electron chi connectivity index (χ2n) is 10.1. The fraction of sp³-hybridized carbons (Fsp3) is 0.194. The van der Waals surface area contributed by atoms with Gasteiger partial charge in [-0.25, -0.2) is 0 Å². The van der Waals surface area contributed by atoms with E-state index in [2.05, 4.69) is 30.5 Å². The van der Waals surface area contributed by atoms with Crippen LogP contribution in [-0.4, -0.2) is 39.6 Å². The van der Waals surface area contributed by atoms with Crippen molar-refractivity contribution in [1.29, 1.82) is 0 Å². The molecule has 0 aliphatic carbocycles. The summed E-state index contributed by atoms with van der Waals surface area (Å²) in [7, 11) is -4.78. The standard InChI is InChI=1S/C31H31N7O4S/c1-6-38(22-10-8-7-9-11-22)31-33-21(5)32-30(35-31)34-24-15-14-19(3)23-17-26(43(40,41)42)28(29(39)27(23)24)37-36-25-16-18(2)12-13-20(25)4/h7-17,39H,6H2,1-5H3,(H,40,41,42)(H,32,33,34,35). The van der Waals surface area contributed by atoms with E-state index in [0.29, 0.717) is 40.6 Å². The SMILES string of the molecule is CCN(c1ccccc1)c1nc(C)nc(Nc2ccc(C)c3cc(S(=O)(=O)O)c(N=Nc4cc(C)ccc4C)c(O)c23)n1. The Kier molecular flexibility index (Phi) is 8.07. The van der Waals surface area contributed by atoms with Gasteiger partial charge < -0.3 is 15.3 Å². The summed E-state index contributed by atoms with van der Waals surface area (Å²) in [6, 6.07) is 20.0. The number of aromatic hydroxyl groups is 1. The van der Waals surface area contributed by atoms with E-state index in [0.717, 1.165) is 16.8 Å². The zero-order chi connectivity index (χ0) is 30.9. The Morgan fingerprint density at radius 3 is 2.30 bits per heavy atom. The first kappa shape index (κ1) is 29.5. The molecule has 0 amide bonds. The molecular weight excluding hydrogens is 566 g/mol. The van der Waals surface area contributed by atoms with Crippen LogP contribution < -0.4 is 10.2 Å². The quantitative estimate of drug-likeness (QED) is 0.122. The highest BCUT2D eigenvalue weighted by atomic mass is 32.2. The van der Waals surface area contributed by atoms with E-state index in [1.165, 1.54) is 6.07 Å². The average Bonchev–Trinajstić information content (AvgIpc) is 2.95. The molecule has 5 rings (SSSR count). The Labute approximate surface area is 249 Å². The van der Waals surface area contributed by atoms with Crippen molar-refractivity contribution in [3.05, 3.63) is 89.2 Å². The maximum Gasteiger partial charge on any atom is 0.296 e. The van der Waals surface area contributed by atoms with Crippen LogP contribution in [0.15, 0.2) is 81.9 Å². The van der Waals surface area contributed by atoms with Crippen LogP contribution >= 0.6 is 0 Å². The van der Waals surface area contributed by atoms with Gasteiger partial charge in [0.1, 0.15) is 16.4 Å². The molecule has 12 heteroatoms. The Balaban J connectivity index is 1.66. The normalized spacial score (nSPS) is 11.8. The van der Waals surface area contributed by atoms with Gasteiger partial charge >= 0.3 is 0 Å². The molecule has 1 heterocycles. The number of azo groups is 1. The fourth-order valence-corrected chi connectivity index (χ4v) is 5.39. The lowest BCUT2D eigenvalue weighted by Gasteiger charge is -2.21. The van der Waals surface area contributed by atoms with Crippen LogP contribution in [0.25, 0.3) is 10.8 Å². The van der Waals surface area contributed by atoms with E-state index in [1.54, 1.807) is 32.0 Å². The van der Waals surface area contributed by atoms with Crippen molar-refractivity contribution in [3.63, 3.8) is 0 Å². The highest BCUT2D eigenvalue weighted by molar-refractivity contribution is 7.86. The lowest BCUT2D eigenvalue weighted by molar-refractivity contribution is 0.472. The van der Waals surface area contributed by atoms with Crippen LogP contribution in [0.2, 0.25) is 0 Å². The van der Waals surface area contributed by atoms with Crippen molar-refractivity contribution in [2.24, 2.45) is 10.2 Å². The number of nitrogens with one attached hydrogen (secondary N) is 1. The number of benzene rings is 4. The van der Waals surface area contributed by atoms with Crippen LogP contribution in [-0.2, 0) is 10.1 Å². The minimum Gasteiger partial charge on any atom is -0.505 e. The first-order valence-electron chi connectivity index (χ1n) is 13.5. The van der Waals surface area contributed by atoms with Crippen LogP contribution in [0, 0.1) is 27.7 Å². The third kappa shape index (κ3) is 6.15. The van der Waals surface area contributed by atoms with Gasteiger partial charge in [0.25, 0.3) is 10.1 Å². The van der Waals surface area contributed by atoms with Gasteiger partial charge in [0.15, 0.2) is 5.75 Å². The molecule has 0 fully saturated rings. The molecule has 1 aromatic heterocycles. The molecule has 0 saturated carbocycles. The third-order valence-corrected chi connectivity index (χ3v) is 7.81. The number of phenols is 1. The van der Waals surface area contributed by atoms with Crippen LogP contribution in [0.5, 0.6) is 5.75 Å². The number of nitrogens with zero attached hydrogens (tertiary/aromatic N) is 6. The number of aryl methyl sites for hydroxylation is 4. The molecule has 0 spiro atoms. The Hall–Kier alpha value is -4.94. The van der Waals surface area contributed by atoms with Gasteiger partial charge in [0.05, 0.1) is 11.4 Å². The Morgan fingerprint density at radius 1 is 0.884 bits per heavy atom. The van der Waals surface area contributed by atoms with Crippen molar-refractivity contribution >= 4 is 55.5 Å². The zero-order valence-corrected chi connectivity index (χ0v) is 25.2. The Bertz CT molecular complexity index is 1980. The molecule has 43 heavy (non-hydrogen) atoms. The number of rotatable bonds is 8. The van der Waals surface area contributed by atoms with E-state index in [4.69, 9.17) is 0 Å². The topological polar surface area (TPSA) is 153 Å². The molecule has 11 nitrogen and oxygen atoms in total. The summed E-state index contributed by atoms with van der Waals surface area (Å²) < 4.78 is 35.0. The zero-order valence-electron chi connectivity index (χ0n) is 24.4. The smallest absolute Gasteiger partial charge is 0.296 e. The molecule has 0 atom stereocenters. The number of fused-ring (bicyclic) bond motifs is 1. The summed E-state index contributed by atoms with van der Waals surface area (Å²) in [6.45, 7) is 9.85. The van der Waals surface area contributed by atoms with Gasteiger partial charge in [0.2, 0.25) is 11.9 Å². The summed E-state index contributed by atoms with van der Waals surface area (Å²) >= 11 is 0. The van der Waals surface area contributed by atoms with Crippen LogP contribution in [0.1, 0.15) is 29.4 Å². The fourth-order valence-electron chi connectivity index (χ4n) is 4.74. The summed E-state index contributed by atoms with van der Waals surface area (Å²) in [5.41, 5.74) is 3.81. The highest BCUT2D eigenvalue weighted by Crippen LogP contribution is 2.45. The Morgan fingerprint density at radius 2 is 1.60 bits per heavy atom. The summed E-state index contributed by atoms with van der Waals surface area (Å²) in [5, 5.41) is 23.7. The molecule has 0 radical (unpaired) electrons. The minimum absolute atomic E-state index is 0.221. The van der Waals surface area contributed by atoms with Gasteiger partial charge in [-0.3, -0.25) is 4.55 Å². The summed E-state index contributed by atoms with van der Waals surface area (Å²) in [5.74, 6) is 0.648. The van der Waals surface area contributed by atoms with E-state index in [1.807, 2.05) is 68.1 Å². The molecule has 220 valence electrons. The number of hydrogen-bond donors (Lipinski definition) is 3. The predicted octanol–water partition coefficient (Wildman–Crippen LogP) is 7.53. The maximum absolute atomic E-state index is 12.4. The van der Waals surface area contributed by atoms with E-state index >= 15 is 0 Å². The lowest BCUT2D eigenvalue weighted by Crippen LogP contribution is -2.20. The molecule has 0 saturated heterocycles. The van der Waals surface area contributed by atoms with Crippen molar-refractivity contribution in [3.8, 4) is 5.75 Å². The van der Waals surface area contributed by atoms with Crippen LogP contribution in [0.3, 0.4) is 0 Å². The van der Waals surface area contributed by atoms with Gasteiger partial charge in [-0.05, 0) is 87.0 Å². The molecule has 3 N–H and O–H groups in total. The average molecular weight is 598 g/mol. The second-order valence-corrected chi connectivity index (χ2v) is 11.5.